The fourth-order valence-electron chi connectivity index (χ4n) is 4.75. The monoisotopic (exact) mass is 458 g/mol. The van der Waals surface area contributed by atoms with Crippen molar-refractivity contribution in [3.63, 3.8) is 0 Å². The van der Waals surface area contributed by atoms with E-state index in [1.165, 1.54) is 16.7 Å². The van der Waals surface area contributed by atoms with Crippen molar-refractivity contribution in [2.45, 2.75) is 32.5 Å². The molecule has 0 spiro atoms. The Morgan fingerprint density at radius 2 is 1.65 bits per heavy atom. The largest absolute Gasteiger partial charge is 0.493 e. The highest BCUT2D eigenvalue weighted by Crippen LogP contribution is 2.33. The molecule has 2 aliphatic rings. The lowest BCUT2D eigenvalue weighted by Crippen LogP contribution is -2.42. The van der Waals surface area contributed by atoms with E-state index in [9.17, 15) is 4.79 Å². The zero-order chi connectivity index (χ0) is 23.5. The van der Waals surface area contributed by atoms with Crippen LogP contribution in [0.1, 0.15) is 27.8 Å². The Morgan fingerprint density at radius 3 is 2.38 bits per heavy atom. The number of pyridine rings is 1. The van der Waals surface area contributed by atoms with Crippen LogP contribution in [0.5, 0.6) is 11.5 Å². The maximum Gasteiger partial charge on any atom is 0.317 e. The first-order chi connectivity index (χ1) is 16.6. The summed E-state index contributed by atoms with van der Waals surface area (Å²) in [7, 11) is 3.26. The van der Waals surface area contributed by atoms with Gasteiger partial charge in [-0.15, -0.1) is 0 Å². The highest BCUT2D eigenvalue weighted by molar-refractivity contribution is 5.74. The number of amides is 2. The first-order valence-electron chi connectivity index (χ1n) is 11.7. The van der Waals surface area contributed by atoms with E-state index in [-0.39, 0.29) is 6.03 Å². The number of aromatic nitrogens is 1. The summed E-state index contributed by atoms with van der Waals surface area (Å²) in [5.74, 6) is 2.39. The van der Waals surface area contributed by atoms with Gasteiger partial charge in [-0.1, -0.05) is 30.3 Å². The summed E-state index contributed by atoms with van der Waals surface area (Å²) in [6, 6.07) is 16.6. The number of methoxy groups -OCH3 is 2. The predicted octanol–water partition coefficient (Wildman–Crippen LogP) is 3.93. The number of hydrogen-bond acceptors (Lipinski definition) is 5. The highest BCUT2D eigenvalue weighted by Gasteiger charge is 2.23. The molecule has 2 aliphatic heterocycles. The van der Waals surface area contributed by atoms with Crippen molar-refractivity contribution in [2.24, 2.45) is 0 Å². The van der Waals surface area contributed by atoms with Crippen LogP contribution in [0, 0.1) is 0 Å². The molecule has 0 aliphatic carbocycles. The Morgan fingerprint density at radius 1 is 0.912 bits per heavy atom. The molecule has 0 saturated heterocycles. The van der Waals surface area contributed by atoms with E-state index in [2.05, 4.69) is 39.5 Å². The number of nitrogens with one attached hydrogen (secondary N) is 1. The molecule has 0 radical (unpaired) electrons. The Hall–Kier alpha value is -3.74. The lowest BCUT2D eigenvalue weighted by atomic mass is 9.99. The van der Waals surface area contributed by atoms with Gasteiger partial charge in [0.1, 0.15) is 5.82 Å². The van der Waals surface area contributed by atoms with Gasteiger partial charge in [0, 0.05) is 38.9 Å². The normalized spacial score (nSPS) is 14.8. The molecule has 3 heterocycles. The van der Waals surface area contributed by atoms with Crippen molar-refractivity contribution in [1.82, 2.24) is 15.2 Å². The third-order valence-electron chi connectivity index (χ3n) is 6.71. The number of ether oxygens (including phenoxy) is 2. The molecule has 34 heavy (non-hydrogen) atoms. The number of benzene rings is 2. The van der Waals surface area contributed by atoms with Crippen LogP contribution in [0.25, 0.3) is 0 Å². The molecule has 7 heteroatoms. The van der Waals surface area contributed by atoms with Gasteiger partial charge in [0.05, 0.1) is 14.2 Å². The Labute approximate surface area is 200 Å². The summed E-state index contributed by atoms with van der Waals surface area (Å²) >= 11 is 0. The first-order valence-corrected chi connectivity index (χ1v) is 11.7. The second kappa shape index (κ2) is 9.63. The van der Waals surface area contributed by atoms with Crippen molar-refractivity contribution < 1.29 is 14.3 Å². The summed E-state index contributed by atoms with van der Waals surface area (Å²) in [4.78, 5) is 21.6. The number of rotatable bonds is 5. The standard InChI is InChI=1S/C27H30N4O3/c1-33-24-13-21-10-12-31(18-23(21)14-25(24)34-2)27(32)29-16-19-7-8-26(28-15-19)30-11-9-20-5-3-4-6-22(20)17-30/h3-8,13-15H,9-12,16-18H2,1-2H3,(H,29,32). The molecule has 3 aromatic rings. The van der Waals surface area contributed by atoms with Crippen molar-refractivity contribution in [3.05, 3.63) is 82.5 Å². The number of nitrogens with zero attached hydrogens (tertiary/aromatic N) is 3. The lowest BCUT2D eigenvalue weighted by molar-refractivity contribution is 0.191. The Balaban J connectivity index is 1.17. The molecule has 0 atom stereocenters. The molecule has 7 nitrogen and oxygen atoms in total. The quantitative estimate of drug-likeness (QED) is 0.628. The van der Waals surface area contributed by atoms with Gasteiger partial charge >= 0.3 is 6.03 Å². The van der Waals surface area contributed by atoms with Gasteiger partial charge in [0.2, 0.25) is 0 Å². The summed E-state index contributed by atoms with van der Waals surface area (Å²) in [5, 5.41) is 3.04. The number of carbonyl (C=O) groups excluding carboxylic acids is 1. The number of fused-ring (bicyclic) bond motifs is 2. The predicted molar refractivity (Wildman–Crippen MR) is 131 cm³/mol. The van der Waals surface area contributed by atoms with Crippen LogP contribution in [0.3, 0.4) is 0 Å². The Kier molecular flexibility index (Phi) is 6.25. The maximum atomic E-state index is 12.8. The fourth-order valence-corrected chi connectivity index (χ4v) is 4.75. The molecule has 1 N–H and O–H groups in total. The molecule has 2 aromatic carbocycles. The molecule has 0 fully saturated rings. The third-order valence-corrected chi connectivity index (χ3v) is 6.71. The number of anilines is 1. The van der Waals surface area contributed by atoms with Gasteiger partial charge in [-0.3, -0.25) is 0 Å². The van der Waals surface area contributed by atoms with Crippen molar-refractivity contribution in [3.8, 4) is 11.5 Å². The second-order valence-electron chi connectivity index (χ2n) is 8.77. The van der Waals surface area contributed by atoms with Gasteiger partial charge in [-0.25, -0.2) is 9.78 Å². The van der Waals surface area contributed by atoms with Gasteiger partial charge in [0.15, 0.2) is 11.5 Å². The molecule has 1 aromatic heterocycles. The minimum absolute atomic E-state index is 0.0721. The molecule has 2 amide bonds. The van der Waals surface area contributed by atoms with E-state index in [1.54, 1.807) is 14.2 Å². The van der Waals surface area contributed by atoms with E-state index in [1.807, 2.05) is 35.4 Å². The minimum atomic E-state index is -0.0721. The topological polar surface area (TPSA) is 66.9 Å². The molecular weight excluding hydrogens is 428 g/mol. The van der Waals surface area contributed by atoms with Gasteiger partial charge < -0.3 is 24.6 Å². The first kappa shape index (κ1) is 22.1. The van der Waals surface area contributed by atoms with Crippen LogP contribution >= 0.6 is 0 Å². The summed E-state index contributed by atoms with van der Waals surface area (Å²) in [5.41, 5.74) is 6.07. The molecule has 0 unspecified atom stereocenters. The van der Waals surface area contributed by atoms with Gasteiger partial charge in [-0.2, -0.15) is 0 Å². The van der Waals surface area contributed by atoms with Crippen LogP contribution in [-0.4, -0.2) is 43.2 Å². The summed E-state index contributed by atoms with van der Waals surface area (Å²) < 4.78 is 10.8. The van der Waals surface area contributed by atoms with Crippen molar-refractivity contribution >= 4 is 11.8 Å². The van der Waals surface area contributed by atoms with E-state index in [0.29, 0.717) is 25.4 Å². The highest BCUT2D eigenvalue weighted by atomic mass is 16.5. The van der Waals surface area contributed by atoms with Crippen LogP contribution in [-0.2, 0) is 32.5 Å². The van der Waals surface area contributed by atoms with Crippen LogP contribution in [0.4, 0.5) is 10.6 Å². The third kappa shape index (κ3) is 4.51. The summed E-state index contributed by atoms with van der Waals surface area (Å²) in [6.07, 6.45) is 3.68. The number of urea groups is 1. The van der Waals surface area contributed by atoms with E-state index >= 15 is 0 Å². The van der Waals surface area contributed by atoms with Crippen LogP contribution < -0.4 is 19.7 Å². The zero-order valence-electron chi connectivity index (χ0n) is 19.7. The molecular formula is C27H30N4O3. The SMILES string of the molecule is COc1cc2c(cc1OC)CN(C(=O)NCc1ccc(N3CCc4ccccc4C3)nc1)CC2. The smallest absolute Gasteiger partial charge is 0.317 e. The van der Waals surface area contributed by atoms with E-state index in [4.69, 9.17) is 9.47 Å². The average molecular weight is 459 g/mol. The van der Waals surface area contributed by atoms with Crippen molar-refractivity contribution in [1.29, 1.82) is 0 Å². The van der Waals surface area contributed by atoms with Crippen LogP contribution in [0.2, 0.25) is 0 Å². The Bertz CT molecular complexity index is 1180. The van der Waals surface area contributed by atoms with E-state index < -0.39 is 0 Å². The summed E-state index contributed by atoms with van der Waals surface area (Å²) in [6.45, 7) is 3.51. The molecule has 176 valence electrons. The fraction of sp³-hybridized carbons (Fsp3) is 0.333. The molecule has 5 rings (SSSR count). The lowest BCUT2D eigenvalue weighted by Gasteiger charge is -2.30. The van der Waals surface area contributed by atoms with Crippen molar-refractivity contribution in [2.75, 3.05) is 32.2 Å². The van der Waals surface area contributed by atoms with Gasteiger partial charge in [0.25, 0.3) is 0 Å². The zero-order valence-corrected chi connectivity index (χ0v) is 19.7. The maximum absolute atomic E-state index is 12.8. The number of carbonyl (C=O) groups is 1. The molecule has 0 bridgehead atoms. The van der Waals surface area contributed by atoms with E-state index in [0.717, 1.165) is 48.6 Å². The second-order valence-corrected chi connectivity index (χ2v) is 8.77. The average Bonchev–Trinajstić information content (AvgIpc) is 2.90. The number of hydrogen-bond donors (Lipinski definition) is 1. The minimum Gasteiger partial charge on any atom is -0.493 e. The molecule has 0 saturated carbocycles. The van der Waals surface area contributed by atoms with Gasteiger partial charge in [-0.05, 0) is 58.9 Å². The van der Waals surface area contributed by atoms with Crippen LogP contribution in [0.15, 0.2) is 54.7 Å².